The number of nitro groups is 1. The van der Waals surface area contributed by atoms with E-state index in [1.165, 1.54) is 18.2 Å². The molecular formula is C14H18BrClN2O3. The standard InChI is InChI=1S/C14H18BrClN2O3/c1-14(2,3)12(6-7-15)17-13(19)10-5-4-9(16)8-11(10)18(20)21/h4-5,8,12H,6-7H2,1-3H3,(H,17,19). The number of nitrogens with one attached hydrogen (secondary N) is 1. The summed E-state index contributed by atoms with van der Waals surface area (Å²) < 4.78 is 0. The van der Waals surface area contributed by atoms with Gasteiger partial charge >= 0.3 is 0 Å². The minimum Gasteiger partial charge on any atom is -0.349 e. The first kappa shape index (κ1) is 17.9. The van der Waals surface area contributed by atoms with Crippen LogP contribution in [-0.4, -0.2) is 22.2 Å². The van der Waals surface area contributed by atoms with Crippen LogP contribution in [0, 0.1) is 15.5 Å². The molecule has 1 rings (SSSR count). The first-order valence-corrected chi connectivity index (χ1v) is 7.97. The lowest BCUT2D eigenvalue weighted by Crippen LogP contribution is -2.44. The summed E-state index contributed by atoms with van der Waals surface area (Å²) >= 11 is 9.11. The van der Waals surface area contributed by atoms with Crippen molar-refractivity contribution in [1.29, 1.82) is 0 Å². The number of hydrogen-bond acceptors (Lipinski definition) is 3. The zero-order valence-electron chi connectivity index (χ0n) is 12.2. The molecule has 0 aliphatic rings. The molecule has 0 spiro atoms. The number of halogens is 2. The number of carbonyl (C=O) groups is 1. The van der Waals surface area contributed by atoms with Crippen molar-refractivity contribution in [1.82, 2.24) is 5.32 Å². The Morgan fingerprint density at radius 3 is 2.57 bits per heavy atom. The number of benzene rings is 1. The van der Waals surface area contributed by atoms with Gasteiger partial charge in [0, 0.05) is 22.5 Å². The SMILES string of the molecule is CC(C)(C)C(CCBr)NC(=O)c1ccc(Cl)cc1[N+](=O)[O-]. The fourth-order valence-corrected chi connectivity index (χ4v) is 2.54. The van der Waals surface area contributed by atoms with Gasteiger partial charge in [0.25, 0.3) is 11.6 Å². The highest BCUT2D eigenvalue weighted by Gasteiger charge is 2.28. The summed E-state index contributed by atoms with van der Waals surface area (Å²) in [6, 6.07) is 3.94. The zero-order valence-corrected chi connectivity index (χ0v) is 14.5. The topological polar surface area (TPSA) is 72.2 Å². The molecule has 7 heteroatoms. The van der Waals surface area contributed by atoms with E-state index in [4.69, 9.17) is 11.6 Å². The predicted octanol–water partition coefficient (Wildman–Crippen LogP) is 4.18. The van der Waals surface area contributed by atoms with Gasteiger partial charge in [0.05, 0.1) is 4.92 Å². The number of nitrogens with zero attached hydrogens (tertiary/aromatic N) is 1. The fourth-order valence-electron chi connectivity index (χ4n) is 1.91. The molecule has 1 aromatic rings. The zero-order chi connectivity index (χ0) is 16.2. The number of alkyl halides is 1. The van der Waals surface area contributed by atoms with Crippen molar-refractivity contribution in [2.45, 2.75) is 33.2 Å². The second-order valence-electron chi connectivity index (χ2n) is 5.79. The number of carbonyl (C=O) groups excluding carboxylic acids is 1. The van der Waals surface area contributed by atoms with Crippen molar-refractivity contribution in [2.75, 3.05) is 5.33 Å². The van der Waals surface area contributed by atoms with E-state index in [9.17, 15) is 14.9 Å². The molecule has 5 nitrogen and oxygen atoms in total. The Hall–Kier alpha value is -1.14. The molecule has 0 saturated heterocycles. The Labute approximate surface area is 137 Å². The normalized spacial score (nSPS) is 12.8. The highest BCUT2D eigenvalue weighted by atomic mass is 79.9. The van der Waals surface area contributed by atoms with Crippen LogP contribution in [-0.2, 0) is 0 Å². The van der Waals surface area contributed by atoms with Gasteiger partial charge in [-0.25, -0.2) is 0 Å². The predicted molar refractivity (Wildman–Crippen MR) is 87.2 cm³/mol. The van der Waals surface area contributed by atoms with Crippen LogP contribution in [0.25, 0.3) is 0 Å². The quantitative estimate of drug-likeness (QED) is 0.475. The van der Waals surface area contributed by atoms with Gasteiger partial charge in [0.1, 0.15) is 5.56 Å². The van der Waals surface area contributed by atoms with E-state index in [2.05, 4.69) is 21.2 Å². The molecule has 1 unspecified atom stereocenters. The molecule has 0 aromatic heterocycles. The number of nitro benzene ring substituents is 1. The van der Waals surface area contributed by atoms with Crippen LogP contribution in [0.3, 0.4) is 0 Å². The molecule has 0 radical (unpaired) electrons. The monoisotopic (exact) mass is 376 g/mol. The smallest absolute Gasteiger partial charge is 0.283 e. The molecule has 1 atom stereocenters. The van der Waals surface area contributed by atoms with Crippen molar-refractivity contribution in [3.8, 4) is 0 Å². The van der Waals surface area contributed by atoms with Gasteiger partial charge in [-0.15, -0.1) is 0 Å². The van der Waals surface area contributed by atoms with Crippen molar-refractivity contribution in [3.05, 3.63) is 38.9 Å². The lowest BCUT2D eigenvalue weighted by atomic mass is 9.85. The molecule has 1 aromatic carbocycles. The maximum atomic E-state index is 12.3. The molecule has 1 amide bonds. The minimum atomic E-state index is -0.600. The highest BCUT2D eigenvalue weighted by molar-refractivity contribution is 9.09. The van der Waals surface area contributed by atoms with Crippen LogP contribution in [0.1, 0.15) is 37.6 Å². The van der Waals surface area contributed by atoms with E-state index in [1.54, 1.807) is 0 Å². The summed E-state index contributed by atoms with van der Waals surface area (Å²) in [6.45, 7) is 6.03. The third kappa shape index (κ3) is 4.97. The number of rotatable bonds is 5. The molecule has 0 heterocycles. The summed E-state index contributed by atoms with van der Waals surface area (Å²) in [6.07, 6.45) is 0.733. The van der Waals surface area contributed by atoms with Gasteiger partial charge < -0.3 is 5.32 Å². The largest absolute Gasteiger partial charge is 0.349 e. The van der Waals surface area contributed by atoms with Gasteiger partial charge in [0.2, 0.25) is 0 Å². The van der Waals surface area contributed by atoms with Crippen LogP contribution in [0.15, 0.2) is 18.2 Å². The molecule has 0 fully saturated rings. The van der Waals surface area contributed by atoms with E-state index in [0.29, 0.717) is 0 Å². The van der Waals surface area contributed by atoms with E-state index in [0.717, 1.165) is 11.8 Å². The van der Waals surface area contributed by atoms with Gasteiger partial charge in [-0.1, -0.05) is 48.3 Å². The third-order valence-corrected chi connectivity index (χ3v) is 3.84. The van der Waals surface area contributed by atoms with Gasteiger partial charge in [-0.2, -0.15) is 0 Å². The minimum absolute atomic E-state index is 0.0215. The van der Waals surface area contributed by atoms with Crippen molar-refractivity contribution in [2.24, 2.45) is 5.41 Å². The van der Waals surface area contributed by atoms with E-state index in [-0.39, 0.29) is 27.7 Å². The third-order valence-electron chi connectivity index (χ3n) is 3.15. The Balaban J connectivity index is 3.06. The van der Waals surface area contributed by atoms with Crippen LogP contribution in [0.2, 0.25) is 5.02 Å². The lowest BCUT2D eigenvalue weighted by molar-refractivity contribution is -0.385. The maximum Gasteiger partial charge on any atom is 0.283 e. The first-order valence-electron chi connectivity index (χ1n) is 6.47. The van der Waals surface area contributed by atoms with Crippen LogP contribution < -0.4 is 5.32 Å². The Kier molecular flexibility index (Phi) is 6.16. The summed E-state index contributed by atoms with van der Waals surface area (Å²) in [5.41, 5.74) is -0.412. The van der Waals surface area contributed by atoms with Crippen LogP contribution in [0.4, 0.5) is 5.69 Å². The molecule has 0 aliphatic heterocycles. The summed E-state index contributed by atoms with van der Waals surface area (Å²) in [5.74, 6) is -0.459. The molecular weight excluding hydrogens is 360 g/mol. The van der Waals surface area contributed by atoms with E-state index >= 15 is 0 Å². The Morgan fingerprint density at radius 2 is 2.10 bits per heavy atom. The summed E-state index contributed by atoms with van der Waals surface area (Å²) in [5, 5.41) is 14.9. The average Bonchev–Trinajstić information content (AvgIpc) is 2.36. The second-order valence-corrected chi connectivity index (χ2v) is 7.02. The van der Waals surface area contributed by atoms with E-state index in [1.807, 2.05) is 20.8 Å². The lowest BCUT2D eigenvalue weighted by Gasteiger charge is -2.31. The van der Waals surface area contributed by atoms with Crippen LogP contribution in [0.5, 0.6) is 0 Å². The van der Waals surface area contributed by atoms with Gasteiger partial charge in [-0.05, 0) is 24.0 Å². The van der Waals surface area contributed by atoms with Crippen molar-refractivity contribution in [3.63, 3.8) is 0 Å². The second kappa shape index (κ2) is 7.22. The van der Waals surface area contributed by atoms with Crippen LogP contribution >= 0.6 is 27.5 Å². The Morgan fingerprint density at radius 1 is 1.48 bits per heavy atom. The fraction of sp³-hybridized carbons (Fsp3) is 0.500. The van der Waals surface area contributed by atoms with Gasteiger partial charge in [0.15, 0.2) is 0 Å². The first-order chi connectivity index (χ1) is 9.66. The van der Waals surface area contributed by atoms with E-state index < -0.39 is 10.8 Å². The van der Waals surface area contributed by atoms with Gasteiger partial charge in [-0.3, -0.25) is 14.9 Å². The molecule has 21 heavy (non-hydrogen) atoms. The summed E-state index contributed by atoms with van der Waals surface area (Å²) in [7, 11) is 0. The summed E-state index contributed by atoms with van der Waals surface area (Å²) in [4.78, 5) is 22.8. The molecule has 0 aliphatic carbocycles. The molecule has 0 bridgehead atoms. The molecule has 116 valence electrons. The molecule has 1 N–H and O–H groups in total. The highest BCUT2D eigenvalue weighted by Crippen LogP contribution is 2.26. The maximum absolute atomic E-state index is 12.3. The average molecular weight is 378 g/mol. The number of amides is 1. The van der Waals surface area contributed by atoms with Crippen molar-refractivity contribution >= 4 is 39.1 Å². The molecule has 0 saturated carbocycles. The van der Waals surface area contributed by atoms with Crippen molar-refractivity contribution < 1.29 is 9.72 Å². The Bertz CT molecular complexity index is 544. The number of hydrogen-bond donors (Lipinski definition) is 1.